The number of ether oxygens (including phenoxy) is 1. The molecule has 0 aromatic carbocycles. The first-order valence-electron chi connectivity index (χ1n) is 13.4. The molecule has 2 fully saturated rings. The molecule has 9 heteroatoms. The minimum atomic E-state index is -1.03. The molecule has 204 valence electrons. The fraction of sp³-hybridized carbons (Fsp3) is 0.586. The molecule has 0 bridgehead atoms. The van der Waals surface area contributed by atoms with E-state index in [4.69, 9.17) is 16.3 Å². The molecular formula is C29H36ClN3O4S. The molecule has 2 aromatic heterocycles. The molecule has 1 N–H and O–H groups in total. The lowest BCUT2D eigenvalue weighted by molar-refractivity contribution is -0.124. The number of amides is 1. The number of anilines is 1. The molecule has 2 heterocycles. The Labute approximate surface area is 234 Å². The minimum absolute atomic E-state index is 0.0311. The summed E-state index contributed by atoms with van der Waals surface area (Å²) in [5.74, 6) is 6.39. The van der Waals surface area contributed by atoms with Crippen molar-refractivity contribution in [2.24, 2.45) is 17.3 Å². The third-order valence-electron chi connectivity index (χ3n) is 7.27. The number of carboxylic acids is 1. The number of carbonyl (C=O) groups is 2. The summed E-state index contributed by atoms with van der Waals surface area (Å²) in [5, 5.41) is 12.0. The van der Waals surface area contributed by atoms with Gasteiger partial charge in [0.1, 0.15) is 11.0 Å². The van der Waals surface area contributed by atoms with Crippen LogP contribution < -0.4 is 9.64 Å². The van der Waals surface area contributed by atoms with E-state index < -0.39 is 5.97 Å². The molecule has 2 aliphatic carbocycles. The van der Waals surface area contributed by atoms with Crippen molar-refractivity contribution in [1.29, 1.82) is 0 Å². The maximum absolute atomic E-state index is 14.2. The first kappa shape index (κ1) is 28.4. The predicted molar refractivity (Wildman–Crippen MR) is 150 cm³/mol. The van der Waals surface area contributed by atoms with Crippen molar-refractivity contribution in [3.8, 4) is 17.7 Å². The molecule has 0 saturated heterocycles. The van der Waals surface area contributed by atoms with Gasteiger partial charge < -0.3 is 14.7 Å². The number of hydrogen-bond acceptors (Lipinski definition) is 6. The number of aromatic nitrogens is 2. The van der Waals surface area contributed by atoms with E-state index >= 15 is 0 Å². The highest BCUT2D eigenvalue weighted by Crippen LogP contribution is 2.40. The second kappa shape index (κ2) is 12.0. The van der Waals surface area contributed by atoms with E-state index in [2.05, 4.69) is 28.7 Å². The lowest BCUT2D eigenvalue weighted by atomic mass is 9.81. The van der Waals surface area contributed by atoms with E-state index in [0.29, 0.717) is 48.7 Å². The highest BCUT2D eigenvalue weighted by Gasteiger charge is 2.38. The number of hydrogen-bond donors (Lipinski definition) is 1. The van der Waals surface area contributed by atoms with Crippen LogP contribution in [0.1, 0.15) is 94.3 Å². The van der Waals surface area contributed by atoms with Crippen LogP contribution in [0.15, 0.2) is 17.6 Å². The molecule has 1 amide bonds. The van der Waals surface area contributed by atoms with Crippen LogP contribution in [0.2, 0.25) is 5.28 Å². The average molecular weight is 558 g/mol. The predicted octanol–water partition coefficient (Wildman–Crippen LogP) is 6.84. The Hall–Kier alpha value is -2.63. The van der Waals surface area contributed by atoms with Crippen LogP contribution in [0.4, 0.5) is 5.69 Å². The normalized spacial score (nSPS) is 23.7. The van der Waals surface area contributed by atoms with E-state index in [1.165, 1.54) is 0 Å². The van der Waals surface area contributed by atoms with Crippen LogP contribution in [-0.4, -0.2) is 39.1 Å². The molecule has 0 aliphatic heterocycles. The molecule has 2 saturated carbocycles. The molecule has 0 spiro atoms. The van der Waals surface area contributed by atoms with E-state index in [0.717, 1.165) is 37.0 Å². The zero-order valence-electron chi connectivity index (χ0n) is 22.5. The number of carboxylic acid groups (broad SMARTS) is 1. The molecule has 2 aromatic rings. The summed E-state index contributed by atoms with van der Waals surface area (Å²) < 4.78 is 6.05. The number of halogens is 1. The third kappa shape index (κ3) is 7.06. The molecule has 38 heavy (non-hydrogen) atoms. The van der Waals surface area contributed by atoms with Gasteiger partial charge in [-0.2, -0.15) is 4.98 Å². The number of rotatable bonds is 6. The molecule has 7 nitrogen and oxygen atoms in total. The van der Waals surface area contributed by atoms with Crippen LogP contribution in [0.5, 0.6) is 5.88 Å². The van der Waals surface area contributed by atoms with Crippen LogP contribution >= 0.6 is 22.9 Å². The van der Waals surface area contributed by atoms with Gasteiger partial charge in [0.2, 0.25) is 17.1 Å². The van der Waals surface area contributed by atoms with Gasteiger partial charge in [-0.25, -0.2) is 9.78 Å². The monoisotopic (exact) mass is 557 g/mol. The zero-order valence-corrected chi connectivity index (χ0v) is 24.1. The first-order valence-corrected chi connectivity index (χ1v) is 14.6. The summed E-state index contributed by atoms with van der Waals surface area (Å²) in [6.07, 6.45) is 8.01. The van der Waals surface area contributed by atoms with Crippen molar-refractivity contribution in [3.05, 3.63) is 33.4 Å². The van der Waals surface area contributed by atoms with Gasteiger partial charge in [0.25, 0.3) is 0 Å². The van der Waals surface area contributed by atoms with Crippen molar-refractivity contribution in [1.82, 2.24) is 9.97 Å². The second-order valence-corrected chi connectivity index (χ2v) is 12.7. The third-order valence-corrected chi connectivity index (χ3v) is 8.41. The van der Waals surface area contributed by atoms with Crippen LogP contribution in [-0.2, 0) is 4.79 Å². The number of thiophene rings is 1. The van der Waals surface area contributed by atoms with Crippen molar-refractivity contribution in [2.75, 3.05) is 4.90 Å². The summed E-state index contributed by atoms with van der Waals surface area (Å²) in [4.78, 5) is 36.5. The minimum Gasteiger partial charge on any atom is -0.477 e. The topological polar surface area (TPSA) is 92.6 Å². The first-order chi connectivity index (χ1) is 18.0. The summed E-state index contributed by atoms with van der Waals surface area (Å²) in [6, 6.07) is 1.56. The van der Waals surface area contributed by atoms with Gasteiger partial charge in [0, 0.05) is 35.0 Å². The van der Waals surface area contributed by atoms with Gasteiger partial charge in [-0.1, -0.05) is 18.8 Å². The van der Waals surface area contributed by atoms with Crippen molar-refractivity contribution in [2.45, 2.75) is 91.2 Å². The van der Waals surface area contributed by atoms with Gasteiger partial charge in [-0.05, 0) is 89.7 Å². The molecule has 4 rings (SSSR count). The van der Waals surface area contributed by atoms with Gasteiger partial charge in [-0.3, -0.25) is 4.79 Å². The largest absolute Gasteiger partial charge is 0.477 e. The van der Waals surface area contributed by atoms with Crippen LogP contribution in [0.3, 0.4) is 0 Å². The van der Waals surface area contributed by atoms with Gasteiger partial charge in [0.15, 0.2) is 0 Å². The molecular weight excluding hydrogens is 522 g/mol. The lowest BCUT2D eigenvalue weighted by Gasteiger charge is -2.39. The number of aromatic carboxylic acids is 1. The maximum Gasteiger partial charge on any atom is 0.348 e. The van der Waals surface area contributed by atoms with E-state index in [9.17, 15) is 14.7 Å². The average Bonchev–Trinajstić information content (AvgIpc) is 3.28. The summed E-state index contributed by atoms with van der Waals surface area (Å²) >= 11 is 7.05. The number of nitrogens with zero attached hydrogens (tertiary/aromatic N) is 3. The van der Waals surface area contributed by atoms with Crippen LogP contribution in [0, 0.1) is 29.1 Å². The standard InChI is InChI=1S/C29H36ClN3O4S/c1-18-5-7-19(8-6-18)26(34)33(24-20(13-15-29(2,3)4)17-38-25(24)27(35)36)21-9-11-22(12-10-21)37-23-14-16-31-28(30)32-23/h14,16-19,21-22H,5-12H2,1-4H3,(H,35,36). The van der Waals surface area contributed by atoms with Crippen molar-refractivity contribution >= 4 is 40.5 Å². The Morgan fingerprint density at radius 2 is 1.82 bits per heavy atom. The molecule has 0 atom stereocenters. The Morgan fingerprint density at radius 3 is 2.42 bits per heavy atom. The second-order valence-electron chi connectivity index (χ2n) is 11.5. The summed E-state index contributed by atoms with van der Waals surface area (Å²) in [5.41, 5.74) is 0.833. The highest BCUT2D eigenvalue weighted by molar-refractivity contribution is 7.12. The van der Waals surface area contributed by atoms with E-state index in [-0.39, 0.29) is 39.5 Å². The molecule has 0 unspecified atom stereocenters. The Morgan fingerprint density at radius 1 is 1.13 bits per heavy atom. The van der Waals surface area contributed by atoms with Crippen molar-refractivity contribution < 1.29 is 19.4 Å². The zero-order chi connectivity index (χ0) is 27.4. The fourth-order valence-electron chi connectivity index (χ4n) is 5.24. The van der Waals surface area contributed by atoms with Crippen LogP contribution in [0.25, 0.3) is 0 Å². The Balaban J connectivity index is 1.64. The van der Waals surface area contributed by atoms with Gasteiger partial charge >= 0.3 is 5.97 Å². The van der Waals surface area contributed by atoms with E-state index in [1.54, 1.807) is 17.6 Å². The quantitative estimate of drug-likeness (QED) is 0.309. The maximum atomic E-state index is 14.2. The molecule has 2 aliphatic rings. The SMILES string of the molecule is CC1CCC(C(=O)N(c2c(C#CC(C)(C)C)csc2C(=O)O)C2CCC(Oc3ccnc(Cl)n3)CC2)CC1. The summed E-state index contributed by atoms with van der Waals surface area (Å²) in [7, 11) is 0. The molecule has 0 radical (unpaired) electrons. The summed E-state index contributed by atoms with van der Waals surface area (Å²) in [6.45, 7) is 8.28. The van der Waals surface area contributed by atoms with Gasteiger partial charge in [0.05, 0.1) is 11.3 Å². The Bertz CT molecular complexity index is 1210. The Kier molecular flexibility index (Phi) is 9.00. The van der Waals surface area contributed by atoms with E-state index in [1.807, 2.05) is 25.7 Å². The highest BCUT2D eigenvalue weighted by atomic mass is 35.5. The van der Waals surface area contributed by atoms with Gasteiger partial charge in [-0.15, -0.1) is 11.3 Å². The fourth-order valence-corrected chi connectivity index (χ4v) is 6.21. The smallest absolute Gasteiger partial charge is 0.348 e. The number of carbonyl (C=O) groups excluding carboxylic acids is 1. The lowest BCUT2D eigenvalue weighted by Crippen LogP contribution is -2.47. The van der Waals surface area contributed by atoms with Crippen molar-refractivity contribution in [3.63, 3.8) is 0 Å².